The number of likely N-dealkylation sites (N-methyl/N-ethyl adjacent to an activating group) is 1. The van der Waals surface area contributed by atoms with E-state index >= 15 is 0 Å². The number of Topliss-reactive ketones (excluding diaryl/α,β-unsaturated/α-hetero) is 1. The highest BCUT2D eigenvalue weighted by molar-refractivity contribution is 7.81. The van der Waals surface area contributed by atoms with Crippen molar-refractivity contribution in [2.75, 3.05) is 19.3 Å². The number of thiol groups is 1. The van der Waals surface area contributed by atoms with E-state index in [4.69, 9.17) is 0 Å². The molecule has 0 spiro atoms. The molecule has 0 radical (unpaired) electrons. The standard InChI is InChI=1S/C12H17NOS/c1-3-13(2)12(11(14)9-15)10-7-5-4-6-8-10/h4-8,12,15H,3,9H2,1-2H3/t12-/m1/s1. The first-order valence-electron chi connectivity index (χ1n) is 5.09. The van der Waals surface area contributed by atoms with E-state index in [0.29, 0.717) is 0 Å². The Morgan fingerprint density at radius 3 is 2.47 bits per heavy atom. The summed E-state index contributed by atoms with van der Waals surface area (Å²) < 4.78 is 0. The number of nitrogens with zero attached hydrogens (tertiary/aromatic N) is 1. The molecular formula is C12H17NOS. The van der Waals surface area contributed by atoms with Crippen LogP contribution < -0.4 is 0 Å². The minimum Gasteiger partial charge on any atom is -0.297 e. The molecule has 0 saturated carbocycles. The summed E-state index contributed by atoms with van der Waals surface area (Å²) in [6, 6.07) is 9.68. The van der Waals surface area contributed by atoms with Crippen molar-refractivity contribution in [2.45, 2.75) is 13.0 Å². The Bertz CT molecular complexity index is 313. The van der Waals surface area contributed by atoms with Crippen molar-refractivity contribution < 1.29 is 4.79 Å². The highest BCUT2D eigenvalue weighted by Crippen LogP contribution is 2.20. The van der Waals surface area contributed by atoms with Crippen LogP contribution in [0.4, 0.5) is 0 Å². The summed E-state index contributed by atoms with van der Waals surface area (Å²) in [4.78, 5) is 13.8. The van der Waals surface area contributed by atoms with E-state index in [1.807, 2.05) is 49.2 Å². The van der Waals surface area contributed by atoms with Crippen LogP contribution in [-0.4, -0.2) is 30.0 Å². The third-order valence-corrected chi connectivity index (χ3v) is 2.83. The van der Waals surface area contributed by atoms with Crippen molar-refractivity contribution in [2.24, 2.45) is 0 Å². The van der Waals surface area contributed by atoms with Crippen molar-refractivity contribution in [3.63, 3.8) is 0 Å². The van der Waals surface area contributed by atoms with Gasteiger partial charge in [0.15, 0.2) is 5.78 Å². The van der Waals surface area contributed by atoms with Gasteiger partial charge in [-0.1, -0.05) is 37.3 Å². The summed E-state index contributed by atoms with van der Waals surface area (Å²) in [7, 11) is 1.96. The Labute approximate surface area is 96.7 Å². The molecule has 0 amide bonds. The fourth-order valence-electron chi connectivity index (χ4n) is 1.59. The molecule has 0 bridgehead atoms. The summed E-state index contributed by atoms with van der Waals surface area (Å²) in [5.74, 6) is 0.429. The molecule has 0 aliphatic carbocycles. The van der Waals surface area contributed by atoms with Gasteiger partial charge in [-0.2, -0.15) is 12.6 Å². The van der Waals surface area contributed by atoms with Crippen molar-refractivity contribution >= 4 is 18.4 Å². The lowest BCUT2D eigenvalue weighted by Gasteiger charge is -2.25. The topological polar surface area (TPSA) is 20.3 Å². The second kappa shape index (κ2) is 5.93. The maximum atomic E-state index is 11.8. The zero-order valence-electron chi connectivity index (χ0n) is 9.18. The monoisotopic (exact) mass is 223 g/mol. The molecule has 0 aromatic heterocycles. The number of carbonyl (C=O) groups excluding carboxylic acids is 1. The van der Waals surface area contributed by atoms with Gasteiger partial charge in [0.2, 0.25) is 0 Å². The minimum absolute atomic E-state index is 0.147. The zero-order valence-corrected chi connectivity index (χ0v) is 10.1. The molecule has 0 N–H and O–H groups in total. The van der Waals surface area contributed by atoms with E-state index in [1.54, 1.807) is 0 Å². The maximum absolute atomic E-state index is 11.8. The lowest BCUT2D eigenvalue weighted by Crippen LogP contribution is -2.31. The van der Waals surface area contributed by atoms with Crippen LogP contribution in [0.25, 0.3) is 0 Å². The molecule has 0 heterocycles. The van der Waals surface area contributed by atoms with Crippen molar-refractivity contribution in [1.29, 1.82) is 0 Å². The Balaban J connectivity index is 2.96. The second-order valence-electron chi connectivity index (χ2n) is 3.51. The van der Waals surface area contributed by atoms with Crippen LogP contribution in [0.5, 0.6) is 0 Å². The molecule has 0 saturated heterocycles. The lowest BCUT2D eigenvalue weighted by molar-refractivity contribution is -0.121. The number of benzene rings is 1. The summed E-state index contributed by atoms with van der Waals surface area (Å²) in [6.07, 6.45) is 0. The molecule has 15 heavy (non-hydrogen) atoms. The predicted octanol–water partition coefficient (Wildman–Crippen LogP) is 2.18. The fourth-order valence-corrected chi connectivity index (χ4v) is 1.76. The molecule has 0 aliphatic heterocycles. The number of carbonyl (C=O) groups is 1. The summed E-state index contributed by atoms with van der Waals surface area (Å²) in [5.41, 5.74) is 1.04. The van der Waals surface area contributed by atoms with Crippen LogP contribution in [-0.2, 0) is 4.79 Å². The van der Waals surface area contributed by atoms with Crippen LogP contribution >= 0.6 is 12.6 Å². The van der Waals surface area contributed by atoms with E-state index < -0.39 is 0 Å². The number of hydrogen-bond acceptors (Lipinski definition) is 3. The van der Waals surface area contributed by atoms with Gasteiger partial charge in [0.05, 0.1) is 11.8 Å². The zero-order chi connectivity index (χ0) is 11.3. The molecule has 0 fully saturated rings. The molecule has 0 aliphatic rings. The Hall–Kier alpha value is -0.800. The van der Waals surface area contributed by atoms with Gasteiger partial charge < -0.3 is 0 Å². The van der Waals surface area contributed by atoms with Crippen LogP contribution in [0.1, 0.15) is 18.5 Å². The molecule has 2 nitrogen and oxygen atoms in total. The summed E-state index contributed by atoms with van der Waals surface area (Å²) in [6.45, 7) is 2.89. The summed E-state index contributed by atoms with van der Waals surface area (Å²) in [5, 5.41) is 0. The molecule has 1 aromatic rings. The highest BCUT2D eigenvalue weighted by Gasteiger charge is 2.22. The van der Waals surface area contributed by atoms with Gasteiger partial charge in [-0.3, -0.25) is 9.69 Å². The lowest BCUT2D eigenvalue weighted by atomic mass is 10.0. The molecule has 1 atom stereocenters. The van der Waals surface area contributed by atoms with E-state index in [-0.39, 0.29) is 17.6 Å². The first-order chi connectivity index (χ1) is 7.20. The molecule has 0 unspecified atom stereocenters. The number of rotatable bonds is 5. The van der Waals surface area contributed by atoms with E-state index in [2.05, 4.69) is 12.6 Å². The Morgan fingerprint density at radius 2 is 2.00 bits per heavy atom. The average Bonchev–Trinajstić information content (AvgIpc) is 2.30. The van der Waals surface area contributed by atoms with Crippen LogP contribution in [0, 0.1) is 0 Å². The van der Waals surface area contributed by atoms with Gasteiger partial charge in [0.25, 0.3) is 0 Å². The van der Waals surface area contributed by atoms with Gasteiger partial charge in [0, 0.05) is 0 Å². The predicted molar refractivity (Wildman–Crippen MR) is 66.3 cm³/mol. The molecular weight excluding hydrogens is 206 g/mol. The quantitative estimate of drug-likeness (QED) is 0.772. The van der Waals surface area contributed by atoms with E-state index in [0.717, 1.165) is 12.1 Å². The molecule has 1 aromatic carbocycles. The second-order valence-corrected chi connectivity index (χ2v) is 3.83. The molecule has 82 valence electrons. The van der Waals surface area contributed by atoms with Gasteiger partial charge in [-0.05, 0) is 19.2 Å². The SMILES string of the molecule is CCN(C)[C@@H](C(=O)CS)c1ccccc1. The summed E-state index contributed by atoms with van der Waals surface area (Å²) >= 11 is 4.06. The van der Waals surface area contributed by atoms with Gasteiger partial charge >= 0.3 is 0 Å². The molecule has 1 rings (SSSR count). The number of hydrogen-bond donors (Lipinski definition) is 1. The fraction of sp³-hybridized carbons (Fsp3) is 0.417. The Kier molecular flexibility index (Phi) is 4.85. The van der Waals surface area contributed by atoms with E-state index in [9.17, 15) is 4.79 Å². The third-order valence-electron chi connectivity index (χ3n) is 2.52. The van der Waals surface area contributed by atoms with Crippen LogP contribution in [0.3, 0.4) is 0 Å². The van der Waals surface area contributed by atoms with Gasteiger partial charge in [-0.15, -0.1) is 0 Å². The first kappa shape index (κ1) is 12.3. The van der Waals surface area contributed by atoms with E-state index in [1.165, 1.54) is 0 Å². The molecule has 3 heteroatoms. The third kappa shape index (κ3) is 3.08. The first-order valence-corrected chi connectivity index (χ1v) is 5.72. The Morgan fingerprint density at radius 1 is 1.40 bits per heavy atom. The maximum Gasteiger partial charge on any atom is 0.164 e. The van der Waals surface area contributed by atoms with Crippen molar-refractivity contribution in [3.8, 4) is 0 Å². The van der Waals surface area contributed by atoms with Gasteiger partial charge in [0.1, 0.15) is 0 Å². The number of ketones is 1. The van der Waals surface area contributed by atoms with Crippen LogP contribution in [0.15, 0.2) is 30.3 Å². The minimum atomic E-state index is -0.159. The van der Waals surface area contributed by atoms with Crippen molar-refractivity contribution in [3.05, 3.63) is 35.9 Å². The largest absolute Gasteiger partial charge is 0.297 e. The smallest absolute Gasteiger partial charge is 0.164 e. The van der Waals surface area contributed by atoms with Crippen molar-refractivity contribution in [1.82, 2.24) is 4.90 Å². The highest BCUT2D eigenvalue weighted by atomic mass is 32.1. The van der Waals surface area contributed by atoms with Gasteiger partial charge in [-0.25, -0.2) is 0 Å². The van der Waals surface area contributed by atoms with Crippen LogP contribution in [0.2, 0.25) is 0 Å². The normalized spacial score (nSPS) is 12.8. The average molecular weight is 223 g/mol.